The standard InChI is InChI=1S/C14H19NO3/c1-17-14(16)8-9-18-13-5-3-2-4-11(13)10-15-12-6-7-12/h2-5,12,15H,6-10H2,1H3. The zero-order valence-corrected chi connectivity index (χ0v) is 10.6. The van der Waals surface area contributed by atoms with Crippen LogP contribution in [0.15, 0.2) is 24.3 Å². The van der Waals surface area contributed by atoms with Crippen molar-refractivity contribution in [3.05, 3.63) is 29.8 Å². The summed E-state index contributed by atoms with van der Waals surface area (Å²) in [5.74, 6) is 0.595. The normalized spacial score (nSPS) is 14.3. The van der Waals surface area contributed by atoms with Crippen LogP contribution in [-0.2, 0) is 16.1 Å². The second-order valence-electron chi connectivity index (χ2n) is 4.44. The Hall–Kier alpha value is -1.55. The number of carbonyl (C=O) groups is 1. The Balaban J connectivity index is 1.83. The average molecular weight is 249 g/mol. The van der Waals surface area contributed by atoms with Crippen LogP contribution in [0.4, 0.5) is 0 Å². The largest absolute Gasteiger partial charge is 0.493 e. The smallest absolute Gasteiger partial charge is 0.308 e. The Morgan fingerprint density at radius 2 is 2.17 bits per heavy atom. The van der Waals surface area contributed by atoms with E-state index >= 15 is 0 Å². The van der Waals surface area contributed by atoms with E-state index in [9.17, 15) is 4.79 Å². The van der Waals surface area contributed by atoms with E-state index in [4.69, 9.17) is 4.74 Å². The molecule has 0 unspecified atom stereocenters. The van der Waals surface area contributed by atoms with Gasteiger partial charge in [-0.3, -0.25) is 4.79 Å². The molecule has 0 aliphatic heterocycles. The van der Waals surface area contributed by atoms with Crippen LogP contribution in [0.25, 0.3) is 0 Å². The first kappa shape index (κ1) is 12.9. The topological polar surface area (TPSA) is 47.6 Å². The molecule has 4 nitrogen and oxygen atoms in total. The van der Waals surface area contributed by atoms with Gasteiger partial charge in [0.05, 0.1) is 20.1 Å². The predicted octanol–water partition coefficient (Wildman–Crippen LogP) is 1.88. The molecule has 2 rings (SSSR count). The molecule has 98 valence electrons. The van der Waals surface area contributed by atoms with Gasteiger partial charge >= 0.3 is 5.97 Å². The number of hydrogen-bond acceptors (Lipinski definition) is 4. The highest BCUT2D eigenvalue weighted by molar-refractivity contribution is 5.69. The lowest BCUT2D eigenvalue weighted by atomic mass is 10.2. The Morgan fingerprint density at radius 1 is 1.39 bits per heavy atom. The van der Waals surface area contributed by atoms with Crippen molar-refractivity contribution in [1.29, 1.82) is 0 Å². The van der Waals surface area contributed by atoms with E-state index in [1.165, 1.54) is 20.0 Å². The number of nitrogens with one attached hydrogen (secondary N) is 1. The number of carbonyl (C=O) groups excluding carboxylic acids is 1. The van der Waals surface area contributed by atoms with Gasteiger partial charge in [-0.1, -0.05) is 18.2 Å². The van der Waals surface area contributed by atoms with Crippen LogP contribution in [0.3, 0.4) is 0 Å². The summed E-state index contributed by atoms with van der Waals surface area (Å²) < 4.78 is 10.2. The van der Waals surface area contributed by atoms with Gasteiger partial charge in [-0.15, -0.1) is 0 Å². The van der Waals surface area contributed by atoms with Crippen molar-refractivity contribution in [1.82, 2.24) is 5.32 Å². The lowest BCUT2D eigenvalue weighted by Gasteiger charge is -2.11. The van der Waals surface area contributed by atoms with Crippen molar-refractivity contribution in [2.45, 2.75) is 31.8 Å². The molecular weight excluding hydrogens is 230 g/mol. The molecule has 0 saturated heterocycles. The van der Waals surface area contributed by atoms with Gasteiger partial charge in [0, 0.05) is 18.2 Å². The molecule has 1 fully saturated rings. The average Bonchev–Trinajstić information content (AvgIpc) is 3.21. The van der Waals surface area contributed by atoms with Gasteiger partial charge < -0.3 is 14.8 Å². The minimum Gasteiger partial charge on any atom is -0.493 e. The zero-order valence-electron chi connectivity index (χ0n) is 10.6. The van der Waals surface area contributed by atoms with Gasteiger partial charge in [-0.25, -0.2) is 0 Å². The van der Waals surface area contributed by atoms with Crippen LogP contribution in [0.1, 0.15) is 24.8 Å². The molecule has 1 aromatic rings. The lowest BCUT2D eigenvalue weighted by molar-refractivity contribution is -0.141. The molecule has 1 saturated carbocycles. The molecule has 0 amide bonds. The third-order valence-electron chi connectivity index (χ3n) is 2.92. The lowest BCUT2D eigenvalue weighted by Crippen LogP contribution is -2.16. The van der Waals surface area contributed by atoms with Crippen LogP contribution in [0.5, 0.6) is 5.75 Å². The summed E-state index contributed by atoms with van der Waals surface area (Å²) in [6.45, 7) is 1.17. The first-order chi connectivity index (χ1) is 8.79. The van der Waals surface area contributed by atoms with Crippen LogP contribution >= 0.6 is 0 Å². The second kappa shape index (κ2) is 6.40. The van der Waals surface area contributed by atoms with E-state index in [1.54, 1.807) is 0 Å². The summed E-state index contributed by atoms with van der Waals surface area (Å²) in [6.07, 6.45) is 2.82. The van der Waals surface area contributed by atoms with Gasteiger partial charge in [0.25, 0.3) is 0 Å². The van der Waals surface area contributed by atoms with Crippen molar-refractivity contribution in [3.8, 4) is 5.75 Å². The molecule has 1 aromatic carbocycles. The third kappa shape index (κ3) is 4.04. The number of esters is 1. The Labute approximate surface area is 107 Å². The van der Waals surface area contributed by atoms with E-state index < -0.39 is 0 Å². The van der Waals surface area contributed by atoms with Crippen LogP contribution in [0, 0.1) is 0 Å². The van der Waals surface area contributed by atoms with Crippen molar-refractivity contribution >= 4 is 5.97 Å². The fourth-order valence-electron chi connectivity index (χ4n) is 1.68. The molecule has 1 aliphatic rings. The highest BCUT2D eigenvalue weighted by Gasteiger charge is 2.20. The summed E-state index contributed by atoms with van der Waals surface area (Å²) >= 11 is 0. The molecule has 0 atom stereocenters. The molecule has 0 radical (unpaired) electrons. The van der Waals surface area contributed by atoms with Gasteiger partial charge in [-0.05, 0) is 18.9 Å². The monoisotopic (exact) mass is 249 g/mol. The van der Waals surface area contributed by atoms with E-state index in [0.717, 1.165) is 17.9 Å². The molecule has 0 heterocycles. The fourth-order valence-corrected chi connectivity index (χ4v) is 1.68. The first-order valence-corrected chi connectivity index (χ1v) is 6.30. The van der Waals surface area contributed by atoms with Crippen molar-refractivity contribution < 1.29 is 14.3 Å². The van der Waals surface area contributed by atoms with Gasteiger partial charge in [-0.2, -0.15) is 0 Å². The fraction of sp³-hybridized carbons (Fsp3) is 0.500. The molecule has 0 bridgehead atoms. The predicted molar refractivity (Wildman–Crippen MR) is 68.4 cm³/mol. The van der Waals surface area contributed by atoms with E-state index in [2.05, 4.69) is 10.1 Å². The number of hydrogen-bond donors (Lipinski definition) is 1. The minimum absolute atomic E-state index is 0.247. The van der Waals surface area contributed by atoms with Crippen LogP contribution in [-0.4, -0.2) is 25.7 Å². The number of para-hydroxylation sites is 1. The Morgan fingerprint density at radius 3 is 2.89 bits per heavy atom. The summed E-state index contributed by atoms with van der Waals surface area (Å²) in [7, 11) is 1.38. The number of methoxy groups -OCH3 is 1. The van der Waals surface area contributed by atoms with Gasteiger partial charge in [0.15, 0.2) is 0 Å². The third-order valence-corrected chi connectivity index (χ3v) is 2.92. The van der Waals surface area contributed by atoms with E-state index in [0.29, 0.717) is 12.6 Å². The first-order valence-electron chi connectivity index (χ1n) is 6.30. The Kier molecular flexibility index (Phi) is 4.59. The second-order valence-corrected chi connectivity index (χ2v) is 4.44. The maximum absolute atomic E-state index is 11.0. The zero-order chi connectivity index (χ0) is 12.8. The molecule has 1 aliphatic carbocycles. The van der Waals surface area contributed by atoms with Crippen LogP contribution < -0.4 is 10.1 Å². The quantitative estimate of drug-likeness (QED) is 0.750. The van der Waals surface area contributed by atoms with Crippen LogP contribution in [0.2, 0.25) is 0 Å². The minimum atomic E-state index is -0.247. The van der Waals surface area contributed by atoms with E-state index in [1.807, 2.05) is 24.3 Å². The summed E-state index contributed by atoms with van der Waals surface area (Å²) in [6, 6.07) is 8.59. The molecule has 0 spiro atoms. The van der Waals surface area contributed by atoms with E-state index in [-0.39, 0.29) is 12.4 Å². The van der Waals surface area contributed by atoms with Crippen molar-refractivity contribution in [2.75, 3.05) is 13.7 Å². The molecule has 4 heteroatoms. The summed E-state index contributed by atoms with van der Waals surface area (Å²) in [4.78, 5) is 11.0. The molecule has 1 N–H and O–H groups in total. The molecule has 18 heavy (non-hydrogen) atoms. The summed E-state index contributed by atoms with van der Waals surface area (Å²) in [5, 5.41) is 3.45. The van der Waals surface area contributed by atoms with Gasteiger partial charge in [0.1, 0.15) is 5.75 Å². The highest BCUT2D eigenvalue weighted by atomic mass is 16.5. The van der Waals surface area contributed by atoms with Gasteiger partial charge in [0.2, 0.25) is 0 Å². The van der Waals surface area contributed by atoms with Crippen molar-refractivity contribution in [3.63, 3.8) is 0 Å². The maximum Gasteiger partial charge on any atom is 0.308 e. The SMILES string of the molecule is COC(=O)CCOc1ccccc1CNC1CC1. The number of ether oxygens (including phenoxy) is 2. The Bertz CT molecular complexity index is 402. The highest BCUT2D eigenvalue weighted by Crippen LogP contribution is 2.22. The van der Waals surface area contributed by atoms with Crippen molar-refractivity contribution in [2.24, 2.45) is 0 Å². The molecular formula is C14H19NO3. The molecule has 0 aromatic heterocycles. The number of rotatable bonds is 7. The number of benzene rings is 1. The summed E-state index contributed by atoms with van der Waals surface area (Å²) in [5.41, 5.74) is 1.13. The maximum atomic E-state index is 11.0.